The molecule has 1 aliphatic rings. The second kappa shape index (κ2) is 6.05. The molecule has 2 heterocycles. The number of hydrogen-bond donors (Lipinski definition) is 0. The largest absolute Gasteiger partial charge is 0.353 e. The van der Waals surface area contributed by atoms with Gasteiger partial charge in [0, 0.05) is 46.7 Å². The Morgan fingerprint density at radius 3 is 2.23 bits per heavy atom. The number of piperazine rings is 1. The molecule has 1 aliphatic heterocycles. The maximum Gasteiger partial charge on any atom is 0.332 e. The van der Waals surface area contributed by atoms with Crippen LogP contribution in [-0.4, -0.2) is 46.1 Å². The predicted octanol–water partition coefficient (Wildman–Crippen LogP) is -0.986. The summed E-state index contributed by atoms with van der Waals surface area (Å²) in [4.78, 5) is 39.4. The van der Waals surface area contributed by atoms with Gasteiger partial charge in [0.1, 0.15) is 11.9 Å². The minimum atomic E-state index is -0.590. The van der Waals surface area contributed by atoms with Gasteiger partial charge in [-0.15, -0.1) is 0 Å². The number of nitrogens with zero attached hydrogens (tertiary/aromatic N) is 5. The van der Waals surface area contributed by atoms with Gasteiger partial charge in [-0.2, -0.15) is 5.26 Å². The van der Waals surface area contributed by atoms with Gasteiger partial charge in [-0.25, -0.2) is 4.79 Å². The lowest BCUT2D eigenvalue weighted by Gasteiger charge is -2.36. The summed E-state index contributed by atoms with van der Waals surface area (Å²) in [6, 6.07) is 1.90. The molecule has 22 heavy (non-hydrogen) atoms. The average molecular weight is 305 g/mol. The third kappa shape index (κ3) is 2.50. The summed E-state index contributed by atoms with van der Waals surface area (Å²) in [6.45, 7) is 3.82. The first-order valence-corrected chi connectivity index (χ1v) is 7.15. The normalized spacial score (nSPS) is 14.8. The molecule has 1 fully saturated rings. The van der Waals surface area contributed by atoms with Crippen molar-refractivity contribution in [3.05, 3.63) is 26.4 Å². The maximum atomic E-state index is 12.1. The van der Waals surface area contributed by atoms with Crippen molar-refractivity contribution in [1.82, 2.24) is 14.0 Å². The van der Waals surface area contributed by atoms with E-state index in [4.69, 9.17) is 0 Å². The standard InChI is InChI=1S/C14H19N5O3/c1-4-11(20)18-5-7-19(8-6-18)12-10(9-15)13(21)17(3)14(22)16(12)2/h4-8H2,1-3H3. The molecule has 0 aliphatic carbocycles. The smallest absolute Gasteiger partial charge is 0.332 e. The van der Waals surface area contributed by atoms with E-state index in [0.29, 0.717) is 38.4 Å². The number of carbonyl (C=O) groups is 1. The molecule has 1 aromatic rings. The topological polar surface area (TPSA) is 91.3 Å². The third-order valence-corrected chi connectivity index (χ3v) is 3.98. The second-order valence-corrected chi connectivity index (χ2v) is 5.24. The summed E-state index contributed by atoms with van der Waals surface area (Å²) in [5.74, 6) is 0.414. The third-order valence-electron chi connectivity index (χ3n) is 3.98. The van der Waals surface area contributed by atoms with E-state index in [1.807, 2.05) is 17.9 Å². The molecule has 0 aromatic carbocycles. The Balaban J connectivity index is 2.40. The Morgan fingerprint density at radius 2 is 1.73 bits per heavy atom. The van der Waals surface area contributed by atoms with Crippen molar-refractivity contribution < 1.29 is 4.79 Å². The molecule has 0 radical (unpaired) electrons. The van der Waals surface area contributed by atoms with Crippen LogP contribution in [0.5, 0.6) is 0 Å². The zero-order chi connectivity index (χ0) is 16.4. The summed E-state index contributed by atoms with van der Waals surface area (Å²) >= 11 is 0. The first kappa shape index (κ1) is 15.8. The van der Waals surface area contributed by atoms with Crippen LogP contribution in [0.2, 0.25) is 0 Å². The molecule has 8 nitrogen and oxygen atoms in total. The second-order valence-electron chi connectivity index (χ2n) is 5.24. The van der Waals surface area contributed by atoms with Gasteiger partial charge in [0.05, 0.1) is 0 Å². The van der Waals surface area contributed by atoms with Crippen molar-refractivity contribution >= 4 is 11.7 Å². The minimum Gasteiger partial charge on any atom is -0.353 e. The fraction of sp³-hybridized carbons (Fsp3) is 0.571. The number of rotatable bonds is 2. The van der Waals surface area contributed by atoms with Crippen LogP contribution in [0.1, 0.15) is 18.9 Å². The monoisotopic (exact) mass is 305 g/mol. The average Bonchev–Trinajstić information content (AvgIpc) is 2.55. The molecule has 0 saturated carbocycles. The summed E-state index contributed by atoms with van der Waals surface area (Å²) in [7, 11) is 2.90. The molecule has 1 saturated heterocycles. The summed E-state index contributed by atoms with van der Waals surface area (Å²) in [5.41, 5.74) is -1.10. The zero-order valence-electron chi connectivity index (χ0n) is 13.0. The highest BCUT2D eigenvalue weighted by atomic mass is 16.2. The van der Waals surface area contributed by atoms with Gasteiger partial charge in [-0.3, -0.25) is 18.7 Å². The van der Waals surface area contributed by atoms with Crippen LogP contribution in [-0.2, 0) is 18.9 Å². The number of aromatic nitrogens is 2. The van der Waals surface area contributed by atoms with Crippen LogP contribution in [0, 0.1) is 11.3 Å². The van der Waals surface area contributed by atoms with E-state index in [-0.39, 0.29) is 11.5 Å². The predicted molar refractivity (Wildman–Crippen MR) is 80.7 cm³/mol. The molecule has 8 heteroatoms. The van der Waals surface area contributed by atoms with E-state index >= 15 is 0 Å². The van der Waals surface area contributed by atoms with Gasteiger partial charge < -0.3 is 9.80 Å². The number of amides is 1. The van der Waals surface area contributed by atoms with Crippen molar-refractivity contribution in [2.45, 2.75) is 13.3 Å². The summed E-state index contributed by atoms with van der Waals surface area (Å²) in [6.07, 6.45) is 0.452. The fourth-order valence-electron chi connectivity index (χ4n) is 2.69. The van der Waals surface area contributed by atoms with Crippen molar-refractivity contribution in [3.8, 4) is 6.07 Å². The molecular weight excluding hydrogens is 286 g/mol. The number of hydrogen-bond acceptors (Lipinski definition) is 5. The van der Waals surface area contributed by atoms with Crippen LogP contribution in [0.15, 0.2) is 9.59 Å². The highest BCUT2D eigenvalue weighted by Gasteiger charge is 2.25. The van der Waals surface area contributed by atoms with Crippen molar-refractivity contribution in [3.63, 3.8) is 0 Å². The highest BCUT2D eigenvalue weighted by molar-refractivity contribution is 5.76. The van der Waals surface area contributed by atoms with Gasteiger partial charge in [-0.1, -0.05) is 6.92 Å². The van der Waals surface area contributed by atoms with Gasteiger partial charge in [0.25, 0.3) is 5.56 Å². The first-order chi connectivity index (χ1) is 10.4. The van der Waals surface area contributed by atoms with Gasteiger partial charge in [-0.05, 0) is 0 Å². The van der Waals surface area contributed by atoms with Gasteiger partial charge in [0.2, 0.25) is 5.91 Å². The van der Waals surface area contributed by atoms with E-state index in [1.54, 1.807) is 11.9 Å². The van der Waals surface area contributed by atoms with E-state index in [2.05, 4.69) is 0 Å². The molecule has 0 bridgehead atoms. The van der Waals surface area contributed by atoms with Gasteiger partial charge in [0.15, 0.2) is 5.56 Å². The van der Waals surface area contributed by atoms with Gasteiger partial charge >= 0.3 is 5.69 Å². The molecule has 1 aromatic heterocycles. The molecule has 2 rings (SSSR count). The number of carbonyl (C=O) groups excluding carboxylic acids is 1. The minimum absolute atomic E-state index is 0.0418. The lowest BCUT2D eigenvalue weighted by Crippen LogP contribution is -2.51. The first-order valence-electron chi connectivity index (χ1n) is 7.15. The van der Waals surface area contributed by atoms with Crippen LogP contribution in [0.25, 0.3) is 0 Å². The van der Waals surface area contributed by atoms with Crippen LogP contribution < -0.4 is 16.1 Å². The lowest BCUT2D eigenvalue weighted by atomic mass is 10.2. The Labute approximate surface area is 127 Å². The SMILES string of the molecule is CCC(=O)N1CCN(c2c(C#N)c(=O)n(C)c(=O)n2C)CC1. The molecule has 0 unspecified atom stereocenters. The van der Waals surface area contributed by atoms with Crippen molar-refractivity contribution in [1.29, 1.82) is 5.26 Å². The van der Waals surface area contributed by atoms with Crippen LogP contribution in [0.3, 0.4) is 0 Å². The van der Waals surface area contributed by atoms with E-state index in [0.717, 1.165) is 4.57 Å². The molecule has 0 N–H and O–H groups in total. The summed E-state index contributed by atoms with van der Waals surface area (Å²) in [5, 5.41) is 9.28. The Kier molecular flexibility index (Phi) is 4.35. The highest BCUT2D eigenvalue weighted by Crippen LogP contribution is 2.17. The molecule has 118 valence electrons. The van der Waals surface area contributed by atoms with Crippen molar-refractivity contribution in [2.24, 2.45) is 14.1 Å². The Hall–Kier alpha value is -2.56. The Bertz CT molecular complexity index is 747. The lowest BCUT2D eigenvalue weighted by molar-refractivity contribution is -0.131. The molecule has 1 amide bonds. The van der Waals surface area contributed by atoms with E-state index < -0.39 is 11.2 Å². The van der Waals surface area contributed by atoms with Crippen LogP contribution >= 0.6 is 0 Å². The van der Waals surface area contributed by atoms with E-state index in [9.17, 15) is 19.6 Å². The fourth-order valence-corrected chi connectivity index (χ4v) is 2.69. The number of anilines is 1. The van der Waals surface area contributed by atoms with Crippen molar-refractivity contribution in [2.75, 3.05) is 31.1 Å². The zero-order valence-corrected chi connectivity index (χ0v) is 13.0. The number of nitriles is 1. The Morgan fingerprint density at radius 1 is 1.14 bits per heavy atom. The molecule has 0 spiro atoms. The molecular formula is C14H19N5O3. The van der Waals surface area contributed by atoms with Crippen LogP contribution in [0.4, 0.5) is 5.82 Å². The molecule has 0 atom stereocenters. The quantitative estimate of drug-likeness (QED) is 0.700. The summed E-state index contributed by atoms with van der Waals surface area (Å²) < 4.78 is 2.25. The maximum absolute atomic E-state index is 12.1. The van der Waals surface area contributed by atoms with E-state index in [1.165, 1.54) is 11.6 Å².